The monoisotopic (exact) mass is 349 g/mol. The molecule has 0 aliphatic carbocycles. The molecule has 0 spiro atoms. The number of nitrogens with zero attached hydrogens (tertiary/aromatic N) is 2. The normalized spacial score (nSPS) is 15.2. The number of fused-ring (bicyclic) bond motifs is 1. The molecule has 5 nitrogen and oxygen atoms in total. The van der Waals surface area contributed by atoms with Gasteiger partial charge in [0.1, 0.15) is 16.3 Å². The standard InChI is InChI=1S/C10H12BrN3O2S2/c1-7(5-6-11)14-18(15,16)9-4-2-3-8-10(9)13-17-12-8/h2-4,7,14H,5-6H2,1H3. The highest BCUT2D eigenvalue weighted by Crippen LogP contribution is 2.37. The smallest absolute Gasteiger partial charge is 0.208 e. The van der Waals surface area contributed by atoms with Crippen LogP contribution < -0.4 is 4.72 Å². The molecule has 1 heterocycles. The van der Waals surface area contributed by atoms with Gasteiger partial charge in [-0.05, 0) is 25.5 Å². The van der Waals surface area contributed by atoms with Crippen LogP contribution in [0.2, 0.25) is 0 Å². The van der Waals surface area contributed by atoms with Gasteiger partial charge in [-0.15, -0.1) is 0 Å². The Labute approximate surface area is 118 Å². The molecule has 18 heavy (non-hydrogen) atoms. The van der Waals surface area contributed by atoms with Gasteiger partial charge in [0, 0.05) is 11.4 Å². The van der Waals surface area contributed by atoms with Crippen molar-refractivity contribution < 1.29 is 8.42 Å². The second-order valence-corrected chi connectivity index (χ2v) is 6.89. The summed E-state index contributed by atoms with van der Waals surface area (Å²) in [5.41, 5.74) is 1.04. The molecule has 98 valence electrons. The van der Waals surface area contributed by atoms with Crippen LogP contribution in [0.1, 0.15) is 13.3 Å². The van der Waals surface area contributed by atoms with Crippen molar-refractivity contribution in [2.75, 3.05) is 5.33 Å². The molecule has 1 aliphatic heterocycles. The van der Waals surface area contributed by atoms with E-state index in [9.17, 15) is 8.42 Å². The molecule has 0 saturated carbocycles. The van der Waals surface area contributed by atoms with E-state index in [0.29, 0.717) is 11.4 Å². The number of halogens is 1. The predicted molar refractivity (Wildman–Crippen MR) is 76.2 cm³/mol. The minimum absolute atomic E-state index is 0.128. The Kier molecular flexibility index (Phi) is 4.31. The Morgan fingerprint density at radius 2 is 2.22 bits per heavy atom. The Hall–Kier alpha value is -0.570. The van der Waals surface area contributed by atoms with Crippen LogP contribution in [0.4, 0.5) is 11.4 Å². The van der Waals surface area contributed by atoms with Crippen molar-refractivity contribution >= 4 is 48.7 Å². The van der Waals surface area contributed by atoms with Crippen LogP contribution in [0.15, 0.2) is 31.8 Å². The van der Waals surface area contributed by atoms with Crippen LogP contribution in [-0.4, -0.2) is 19.8 Å². The van der Waals surface area contributed by atoms with Gasteiger partial charge in [-0.2, -0.15) is 8.73 Å². The number of hydrogen-bond donors (Lipinski definition) is 1. The van der Waals surface area contributed by atoms with E-state index < -0.39 is 10.0 Å². The van der Waals surface area contributed by atoms with Crippen molar-refractivity contribution in [2.24, 2.45) is 8.73 Å². The van der Waals surface area contributed by atoms with Gasteiger partial charge in [-0.3, -0.25) is 0 Å². The summed E-state index contributed by atoms with van der Waals surface area (Å²) in [6.07, 6.45) is 0.727. The van der Waals surface area contributed by atoms with Crippen LogP contribution in [0.3, 0.4) is 0 Å². The molecular weight excluding hydrogens is 338 g/mol. The SMILES string of the molecule is CC(CCBr)NS(=O)(=O)c1cccc2c1N=S=N2. The van der Waals surface area contributed by atoms with Crippen molar-refractivity contribution in [1.29, 1.82) is 0 Å². The molecule has 1 aromatic carbocycles. The van der Waals surface area contributed by atoms with Gasteiger partial charge >= 0.3 is 0 Å². The molecular formula is C10H12BrN3O2S2. The number of alkyl halides is 1. The minimum Gasteiger partial charge on any atom is -0.208 e. The van der Waals surface area contributed by atoms with Gasteiger partial charge in [0.15, 0.2) is 0 Å². The summed E-state index contributed by atoms with van der Waals surface area (Å²) >= 11 is 4.30. The predicted octanol–water partition coefficient (Wildman–Crippen LogP) is 2.86. The maximum atomic E-state index is 12.2. The molecule has 0 fully saturated rings. The first-order valence-corrected chi connectivity index (χ1v) is 8.67. The number of rotatable bonds is 5. The van der Waals surface area contributed by atoms with Crippen LogP contribution in [0.5, 0.6) is 0 Å². The largest absolute Gasteiger partial charge is 0.243 e. The molecule has 0 amide bonds. The molecule has 1 aromatic rings. The van der Waals surface area contributed by atoms with E-state index in [-0.39, 0.29) is 10.9 Å². The molecule has 0 saturated heterocycles. The average Bonchev–Trinajstić information content (AvgIpc) is 2.75. The summed E-state index contributed by atoms with van der Waals surface area (Å²) in [6.45, 7) is 1.83. The molecule has 1 N–H and O–H groups in total. The maximum absolute atomic E-state index is 12.2. The molecule has 2 rings (SSSR count). The quantitative estimate of drug-likeness (QED) is 0.843. The summed E-state index contributed by atoms with van der Waals surface area (Å²) in [7, 11) is -3.54. The average molecular weight is 350 g/mol. The fraction of sp³-hybridized carbons (Fsp3) is 0.400. The van der Waals surface area contributed by atoms with Gasteiger partial charge in [0.05, 0.1) is 11.4 Å². The van der Waals surface area contributed by atoms with Crippen molar-refractivity contribution in [3.8, 4) is 0 Å². The molecule has 0 bridgehead atoms. The summed E-state index contributed by atoms with van der Waals surface area (Å²) in [6, 6.07) is 4.84. The fourth-order valence-corrected chi connectivity index (χ4v) is 4.28. The number of sulfonamides is 1. The van der Waals surface area contributed by atoms with Gasteiger partial charge in [0.25, 0.3) is 0 Å². The molecule has 8 heteroatoms. The first kappa shape index (κ1) is 13.9. The lowest BCUT2D eigenvalue weighted by molar-refractivity contribution is 0.558. The van der Waals surface area contributed by atoms with E-state index in [2.05, 4.69) is 29.4 Å². The number of nitrogens with one attached hydrogen (secondary N) is 1. The van der Waals surface area contributed by atoms with Crippen LogP contribution in [0.25, 0.3) is 0 Å². The summed E-state index contributed by atoms with van der Waals surface area (Å²) in [5, 5.41) is 0.749. The van der Waals surface area contributed by atoms with Crippen molar-refractivity contribution in [3.05, 3.63) is 18.2 Å². The third kappa shape index (κ3) is 2.87. The van der Waals surface area contributed by atoms with Gasteiger partial charge in [0.2, 0.25) is 10.0 Å². The topological polar surface area (TPSA) is 70.9 Å². The molecule has 0 radical (unpaired) electrons. The first-order chi connectivity index (χ1) is 8.54. The van der Waals surface area contributed by atoms with E-state index in [0.717, 1.165) is 23.1 Å². The van der Waals surface area contributed by atoms with Gasteiger partial charge < -0.3 is 0 Å². The second kappa shape index (κ2) is 5.60. The van der Waals surface area contributed by atoms with Crippen LogP contribution >= 0.6 is 15.9 Å². The second-order valence-electron chi connectivity index (χ2n) is 3.89. The zero-order valence-electron chi connectivity index (χ0n) is 9.63. The Morgan fingerprint density at radius 3 is 2.94 bits per heavy atom. The van der Waals surface area contributed by atoms with E-state index in [4.69, 9.17) is 0 Å². The molecule has 1 aliphatic rings. The zero-order chi connectivity index (χ0) is 13.2. The Morgan fingerprint density at radius 1 is 1.44 bits per heavy atom. The minimum atomic E-state index is -3.54. The molecule has 1 unspecified atom stereocenters. The number of hydrogen-bond acceptors (Lipinski definition) is 4. The molecule has 0 aromatic heterocycles. The fourth-order valence-electron chi connectivity index (χ4n) is 1.55. The van der Waals surface area contributed by atoms with Crippen molar-refractivity contribution in [1.82, 2.24) is 4.72 Å². The Balaban J connectivity index is 2.32. The third-order valence-electron chi connectivity index (χ3n) is 2.44. The molecule has 1 atom stereocenters. The highest BCUT2D eigenvalue weighted by Gasteiger charge is 2.23. The van der Waals surface area contributed by atoms with Crippen LogP contribution in [-0.2, 0) is 21.4 Å². The first-order valence-electron chi connectivity index (χ1n) is 5.34. The highest BCUT2D eigenvalue weighted by atomic mass is 79.9. The van der Waals surface area contributed by atoms with E-state index in [1.807, 2.05) is 6.92 Å². The van der Waals surface area contributed by atoms with Crippen molar-refractivity contribution in [3.63, 3.8) is 0 Å². The summed E-state index contributed by atoms with van der Waals surface area (Å²) < 4.78 is 35.2. The highest BCUT2D eigenvalue weighted by molar-refractivity contribution is 9.09. The number of benzene rings is 1. The summed E-state index contributed by atoms with van der Waals surface area (Å²) in [5.74, 6) is 0. The van der Waals surface area contributed by atoms with Crippen LogP contribution in [0, 0.1) is 0 Å². The van der Waals surface area contributed by atoms with Gasteiger partial charge in [-0.25, -0.2) is 13.1 Å². The summed E-state index contributed by atoms with van der Waals surface area (Å²) in [4.78, 5) is 0.190. The van der Waals surface area contributed by atoms with E-state index in [1.165, 1.54) is 0 Å². The van der Waals surface area contributed by atoms with E-state index >= 15 is 0 Å². The lowest BCUT2D eigenvalue weighted by atomic mass is 10.3. The zero-order valence-corrected chi connectivity index (χ0v) is 12.8. The Bertz CT molecular complexity index is 624. The lowest BCUT2D eigenvalue weighted by Crippen LogP contribution is -2.32. The van der Waals surface area contributed by atoms with Gasteiger partial charge in [-0.1, -0.05) is 22.0 Å². The van der Waals surface area contributed by atoms with Crippen molar-refractivity contribution in [2.45, 2.75) is 24.3 Å². The third-order valence-corrected chi connectivity index (χ3v) is 5.06. The maximum Gasteiger partial charge on any atom is 0.243 e. The van der Waals surface area contributed by atoms with E-state index in [1.54, 1.807) is 18.2 Å². The lowest BCUT2D eigenvalue weighted by Gasteiger charge is -2.13.